The molecule has 1 fully saturated rings. The zero-order valence-corrected chi connectivity index (χ0v) is 15.7. The van der Waals surface area contributed by atoms with Crippen LogP contribution in [-0.4, -0.2) is 37.4 Å². The van der Waals surface area contributed by atoms with Crippen LogP contribution in [-0.2, 0) is 4.79 Å². The van der Waals surface area contributed by atoms with E-state index < -0.39 is 0 Å². The van der Waals surface area contributed by atoms with E-state index in [0.29, 0.717) is 17.0 Å². The number of thioether (sulfide) groups is 1. The number of amides is 1. The smallest absolute Gasteiger partial charge is 0.233 e. The molecule has 1 aromatic carbocycles. The van der Waals surface area contributed by atoms with Gasteiger partial charge in [-0.3, -0.25) is 4.79 Å². The summed E-state index contributed by atoms with van der Waals surface area (Å²) in [6, 6.07) is 9.97. The van der Waals surface area contributed by atoms with Gasteiger partial charge in [-0.05, 0) is 47.7 Å². The molecule has 0 saturated heterocycles. The van der Waals surface area contributed by atoms with Gasteiger partial charge in [0.25, 0.3) is 0 Å². The Morgan fingerprint density at radius 1 is 1.28 bits per heavy atom. The fourth-order valence-electron chi connectivity index (χ4n) is 3.28. The summed E-state index contributed by atoms with van der Waals surface area (Å²) < 4.78 is 1.67. The van der Waals surface area contributed by atoms with Gasteiger partial charge >= 0.3 is 0 Å². The summed E-state index contributed by atoms with van der Waals surface area (Å²) in [6.45, 7) is 6.42. The van der Waals surface area contributed by atoms with Crippen LogP contribution in [0.25, 0.3) is 5.69 Å². The Morgan fingerprint density at radius 3 is 2.80 bits per heavy atom. The first-order valence-corrected chi connectivity index (χ1v) is 9.75. The van der Waals surface area contributed by atoms with Crippen molar-refractivity contribution in [2.45, 2.75) is 56.5 Å². The average Bonchev–Trinajstić information content (AvgIpc) is 3.07. The molecule has 1 amide bonds. The number of carbonyl (C=O) groups excluding carboxylic acids is 1. The molecule has 0 bridgehead atoms. The number of benzene rings is 1. The van der Waals surface area contributed by atoms with Crippen LogP contribution in [0.5, 0.6) is 0 Å². The molecule has 1 heterocycles. The molecular weight excluding hydrogens is 334 g/mol. The number of tetrazole rings is 1. The fourth-order valence-corrected chi connectivity index (χ4v) is 4.10. The minimum atomic E-state index is -0.252. The van der Waals surface area contributed by atoms with Crippen LogP contribution >= 0.6 is 11.8 Å². The lowest BCUT2D eigenvalue weighted by atomic mass is 9.78. The van der Waals surface area contributed by atoms with Crippen molar-refractivity contribution < 1.29 is 4.79 Å². The Morgan fingerprint density at radius 2 is 2.04 bits per heavy atom. The zero-order chi connectivity index (χ0) is 17.8. The van der Waals surface area contributed by atoms with Gasteiger partial charge in [-0.15, -0.1) is 5.10 Å². The molecule has 3 rings (SSSR count). The predicted octanol–water partition coefficient (Wildman–Crippen LogP) is 3.08. The van der Waals surface area contributed by atoms with Gasteiger partial charge in [0.05, 0.1) is 10.9 Å². The van der Waals surface area contributed by atoms with E-state index in [2.05, 4.69) is 34.7 Å². The summed E-state index contributed by atoms with van der Waals surface area (Å²) in [5, 5.41) is 15.5. The summed E-state index contributed by atoms with van der Waals surface area (Å²) in [5.41, 5.74) is 0.886. The van der Waals surface area contributed by atoms with E-state index in [4.69, 9.17) is 0 Å². The van der Waals surface area contributed by atoms with Crippen molar-refractivity contribution in [3.05, 3.63) is 30.3 Å². The highest BCUT2D eigenvalue weighted by Gasteiger charge is 2.30. The maximum atomic E-state index is 12.6. The maximum Gasteiger partial charge on any atom is 0.233 e. The number of rotatable bonds is 5. The highest BCUT2D eigenvalue weighted by Crippen LogP contribution is 2.30. The quantitative estimate of drug-likeness (QED) is 0.831. The van der Waals surface area contributed by atoms with Crippen molar-refractivity contribution in [1.29, 1.82) is 0 Å². The van der Waals surface area contributed by atoms with E-state index in [9.17, 15) is 4.79 Å². The molecule has 4 unspecified atom stereocenters. The van der Waals surface area contributed by atoms with Crippen LogP contribution in [0.1, 0.15) is 40.0 Å². The Labute approximate surface area is 152 Å². The molecule has 0 aliphatic heterocycles. The highest BCUT2D eigenvalue weighted by molar-refractivity contribution is 8.00. The summed E-state index contributed by atoms with van der Waals surface area (Å²) >= 11 is 1.39. The summed E-state index contributed by atoms with van der Waals surface area (Å²) in [6.07, 6.45) is 3.50. The lowest BCUT2D eigenvalue weighted by Crippen LogP contribution is -2.46. The van der Waals surface area contributed by atoms with Crippen LogP contribution in [0.2, 0.25) is 0 Å². The number of nitrogens with one attached hydrogen (secondary N) is 1. The van der Waals surface area contributed by atoms with Crippen LogP contribution in [0.4, 0.5) is 0 Å². The van der Waals surface area contributed by atoms with E-state index in [1.54, 1.807) is 4.68 Å². The molecule has 0 radical (unpaired) electrons. The van der Waals surface area contributed by atoms with Gasteiger partial charge in [0.2, 0.25) is 11.1 Å². The second kappa shape index (κ2) is 7.99. The molecule has 1 saturated carbocycles. The largest absolute Gasteiger partial charge is 0.352 e. The molecular formula is C18H25N5OS. The predicted molar refractivity (Wildman–Crippen MR) is 98.6 cm³/mol. The van der Waals surface area contributed by atoms with Crippen molar-refractivity contribution in [1.82, 2.24) is 25.5 Å². The minimum Gasteiger partial charge on any atom is -0.352 e. The van der Waals surface area contributed by atoms with Crippen molar-refractivity contribution in [3.63, 3.8) is 0 Å². The third-order valence-corrected chi connectivity index (χ3v) is 6.16. The van der Waals surface area contributed by atoms with Crippen LogP contribution in [0, 0.1) is 11.8 Å². The Hall–Kier alpha value is -1.89. The van der Waals surface area contributed by atoms with Crippen molar-refractivity contribution in [3.8, 4) is 5.69 Å². The van der Waals surface area contributed by atoms with Crippen molar-refractivity contribution >= 4 is 17.7 Å². The van der Waals surface area contributed by atoms with Crippen molar-refractivity contribution in [2.75, 3.05) is 0 Å². The fraction of sp³-hybridized carbons (Fsp3) is 0.556. The number of nitrogens with zero attached hydrogens (tertiary/aromatic N) is 4. The third-order valence-electron chi connectivity index (χ3n) is 5.13. The number of hydrogen-bond acceptors (Lipinski definition) is 5. The van der Waals surface area contributed by atoms with Gasteiger partial charge in [-0.25, -0.2) is 0 Å². The monoisotopic (exact) mass is 359 g/mol. The molecule has 1 N–H and O–H groups in total. The van der Waals surface area contributed by atoms with Gasteiger partial charge in [-0.2, -0.15) is 4.68 Å². The Kier molecular flexibility index (Phi) is 5.73. The number of para-hydroxylation sites is 1. The van der Waals surface area contributed by atoms with Gasteiger partial charge in [-0.1, -0.05) is 56.7 Å². The highest BCUT2D eigenvalue weighted by atomic mass is 32.2. The molecule has 1 aliphatic rings. The summed E-state index contributed by atoms with van der Waals surface area (Å²) in [4.78, 5) is 12.6. The summed E-state index contributed by atoms with van der Waals surface area (Å²) in [5.74, 6) is 1.23. The average molecular weight is 359 g/mol. The molecule has 1 aromatic heterocycles. The number of hydrogen-bond donors (Lipinski definition) is 1. The van der Waals surface area contributed by atoms with Crippen molar-refractivity contribution in [2.24, 2.45) is 11.8 Å². The van der Waals surface area contributed by atoms with Gasteiger partial charge in [0, 0.05) is 6.04 Å². The van der Waals surface area contributed by atoms with Crippen LogP contribution < -0.4 is 5.32 Å². The first-order chi connectivity index (χ1) is 12.1. The summed E-state index contributed by atoms with van der Waals surface area (Å²) in [7, 11) is 0. The first-order valence-electron chi connectivity index (χ1n) is 8.87. The zero-order valence-electron chi connectivity index (χ0n) is 14.9. The Bertz CT molecular complexity index is 705. The second-order valence-electron chi connectivity index (χ2n) is 6.85. The van der Waals surface area contributed by atoms with E-state index in [-0.39, 0.29) is 17.2 Å². The normalized spacial score (nSPS) is 24.7. The molecule has 4 atom stereocenters. The lowest BCUT2D eigenvalue weighted by Gasteiger charge is -2.35. The van der Waals surface area contributed by atoms with Crippen LogP contribution in [0.3, 0.4) is 0 Å². The standard InChI is InChI=1S/C18H25N5OS/c1-12-8-7-11-16(13(12)2)19-17(24)14(3)25-18-20-21-22-23(18)15-9-5-4-6-10-15/h4-6,9-10,12-14,16H,7-8,11H2,1-3H3,(H,19,24). The number of aromatic nitrogens is 4. The lowest BCUT2D eigenvalue weighted by molar-refractivity contribution is -0.121. The molecule has 2 aromatic rings. The molecule has 1 aliphatic carbocycles. The molecule has 134 valence electrons. The second-order valence-corrected chi connectivity index (χ2v) is 8.16. The first kappa shape index (κ1) is 17.9. The maximum absolute atomic E-state index is 12.6. The minimum absolute atomic E-state index is 0.0542. The van der Waals surface area contributed by atoms with E-state index in [1.807, 2.05) is 37.3 Å². The molecule has 25 heavy (non-hydrogen) atoms. The van der Waals surface area contributed by atoms with E-state index in [0.717, 1.165) is 12.1 Å². The van der Waals surface area contributed by atoms with Gasteiger partial charge in [0.1, 0.15) is 0 Å². The third kappa shape index (κ3) is 4.21. The van der Waals surface area contributed by atoms with Crippen LogP contribution in [0.15, 0.2) is 35.5 Å². The van der Waals surface area contributed by atoms with Gasteiger partial charge in [0.15, 0.2) is 0 Å². The topological polar surface area (TPSA) is 72.7 Å². The number of carbonyl (C=O) groups is 1. The van der Waals surface area contributed by atoms with E-state index in [1.165, 1.54) is 24.6 Å². The Balaban J connectivity index is 1.64. The molecule has 0 spiro atoms. The molecule has 6 nitrogen and oxygen atoms in total. The van der Waals surface area contributed by atoms with Gasteiger partial charge < -0.3 is 5.32 Å². The van der Waals surface area contributed by atoms with E-state index >= 15 is 0 Å². The molecule has 7 heteroatoms. The SMILES string of the molecule is CC(Sc1nnnn1-c1ccccc1)C(=O)NC1CCCC(C)C1C.